The summed E-state index contributed by atoms with van der Waals surface area (Å²) in [6, 6.07) is 14.6. The number of anilines is 1. The lowest BCUT2D eigenvalue weighted by Crippen LogP contribution is -2.53. The van der Waals surface area contributed by atoms with Crippen molar-refractivity contribution < 1.29 is 23.5 Å². The second kappa shape index (κ2) is 11.9. The molecule has 0 radical (unpaired) electrons. The van der Waals surface area contributed by atoms with E-state index >= 15 is 0 Å². The summed E-state index contributed by atoms with van der Waals surface area (Å²) in [4.78, 5) is 31.4. The molecule has 9 nitrogen and oxygen atoms in total. The largest absolute Gasteiger partial charge is 0.493 e. The van der Waals surface area contributed by atoms with Gasteiger partial charge in [0, 0.05) is 43.3 Å². The molecule has 4 rings (SSSR count). The second-order valence-corrected chi connectivity index (χ2v) is 9.25. The highest BCUT2D eigenvalue weighted by molar-refractivity contribution is 5.96. The van der Waals surface area contributed by atoms with E-state index in [1.165, 1.54) is 29.2 Å². The summed E-state index contributed by atoms with van der Waals surface area (Å²) in [5, 5.41) is 8.79. The maximum Gasteiger partial charge on any atom is 0.254 e. The number of piperazine rings is 1. The van der Waals surface area contributed by atoms with Gasteiger partial charge in [0.2, 0.25) is 5.91 Å². The van der Waals surface area contributed by atoms with E-state index in [1.807, 2.05) is 44.2 Å². The first-order valence-electron chi connectivity index (χ1n) is 12.5. The van der Waals surface area contributed by atoms with Crippen LogP contribution in [0.15, 0.2) is 54.6 Å². The van der Waals surface area contributed by atoms with Crippen LogP contribution in [0.4, 0.5) is 10.2 Å². The van der Waals surface area contributed by atoms with Gasteiger partial charge in [-0.2, -0.15) is 0 Å². The van der Waals surface area contributed by atoms with E-state index in [0.717, 1.165) is 11.4 Å². The molecule has 0 bridgehead atoms. The van der Waals surface area contributed by atoms with Gasteiger partial charge in [0.1, 0.15) is 12.4 Å². The fraction of sp³-hybridized carbons (Fsp3) is 0.357. The van der Waals surface area contributed by atoms with E-state index in [4.69, 9.17) is 9.47 Å². The second-order valence-electron chi connectivity index (χ2n) is 9.25. The average molecular weight is 522 g/mol. The first kappa shape index (κ1) is 26.8. The molecule has 1 saturated heterocycles. The van der Waals surface area contributed by atoms with E-state index < -0.39 is 5.82 Å². The van der Waals surface area contributed by atoms with Crippen molar-refractivity contribution in [1.29, 1.82) is 0 Å². The minimum atomic E-state index is -0.410. The van der Waals surface area contributed by atoms with Crippen LogP contribution < -0.4 is 14.4 Å². The summed E-state index contributed by atoms with van der Waals surface area (Å²) in [5.41, 5.74) is 1.93. The normalized spacial score (nSPS) is 13.4. The number of carbonyl (C=O) groups excluding carboxylic acids is 2. The Kier molecular flexibility index (Phi) is 8.40. The summed E-state index contributed by atoms with van der Waals surface area (Å²) >= 11 is 0. The van der Waals surface area contributed by atoms with Crippen molar-refractivity contribution in [3.05, 3.63) is 66.0 Å². The van der Waals surface area contributed by atoms with Crippen LogP contribution in [0.25, 0.3) is 11.3 Å². The van der Waals surface area contributed by atoms with Gasteiger partial charge in [-0.3, -0.25) is 9.59 Å². The molecule has 3 aromatic rings. The molecule has 0 N–H and O–H groups in total. The van der Waals surface area contributed by atoms with Gasteiger partial charge < -0.3 is 24.2 Å². The number of hydrogen-bond donors (Lipinski definition) is 0. The van der Waals surface area contributed by atoms with Crippen LogP contribution in [-0.4, -0.2) is 84.8 Å². The molecule has 38 heavy (non-hydrogen) atoms. The van der Waals surface area contributed by atoms with Crippen LogP contribution >= 0.6 is 0 Å². The predicted molar refractivity (Wildman–Crippen MR) is 142 cm³/mol. The fourth-order valence-corrected chi connectivity index (χ4v) is 4.32. The Morgan fingerprint density at radius 3 is 2.18 bits per heavy atom. The predicted octanol–water partition coefficient (Wildman–Crippen LogP) is 3.50. The Balaban J connectivity index is 1.35. The molecular weight excluding hydrogens is 489 g/mol. The van der Waals surface area contributed by atoms with Crippen molar-refractivity contribution in [2.24, 2.45) is 0 Å². The lowest BCUT2D eigenvalue weighted by Gasteiger charge is -2.36. The summed E-state index contributed by atoms with van der Waals surface area (Å²) in [7, 11) is 3.18. The first-order chi connectivity index (χ1) is 18.3. The molecular formula is C28H32FN5O4. The van der Waals surface area contributed by atoms with Crippen molar-refractivity contribution in [3.63, 3.8) is 0 Å². The monoisotopic (exact) mass is 521 g/mol. The Morgan fingerprint density at radius 2 is 1.61 bits per heavy atom. The Bertz CT molecular complexity index is 1260. The number of rotatable bonds is 8. The van der Waals surface area contributed by atoms with E-state index in [1.54, 1.807) is 19.1 Å². The topological polar surface area (TPSA) is 88.1 Å². The minimum Gasteiger partial charge on any atom is -0.493 e. The molecule has 0 aliphatic carbocycles. The third-order valence-electron chi connectivity index (χ3n) is 6.57. The summed E-state index contributed by atoms with van der Waals surface area (Å²) in [6.07, 6.45) is 0. The van der Waals surface area contributed by atoms with Crippen LogP contribution in [0.5, 0.6) is 11.5 Å². The molecule has 0 spiro atoms. The summed E-state index contributed by atoms with van der Waals surface area (Å²) in [5.74, 6) is 1.17. The molecule has 200 valence electrons. The number of hydrogen-bond acceptors (Lipinski definition) is 7. The van der Waals surface area contributed by atoms with E-state index in [2.05, 4.69) is 15.1 Å². The number of nitrogens with zero attached hydrogens (tertiary/aromatic N) is 5. The van der Waals surface area contributed by atoms with Crippen molar-refractivity contribution in [1.82, 2.24) is 20.0 Å². The molecule has 2 heterocycles. The van der Waals surface area contributed by atoms with Gasteiger partial charge >= 0.3 is 0 Å². The van der Waals surface area contributed by atoms with Crippen LogP contribution in [0, 0.1) is 5.82 Å². The van der Waals surface area contributed by atoms with Crippen molar-refractivity contribution in [2.75, 3.05) is 51.8 Å². The minimum absolute atomic E-state index is 0.0340. The highest BCUT2D eigenvalue weighted by Crippen LogP contribution is 2.31. The Morgan fingerprint density at radius 1 is 0.921 bits per heavy atom. The van der Waals surface area contributed by atoms with Crippen LogP contribution in [0.3, 0.4) is 0 Å². The van der Waals surface area contributed by atoms with Gasteiger partial charge in [-0.1, -0.05) is 0 Å². The van der Waals surface area contributed by atoms with Gasteiger partial charge in [0.25, 0.3) is 5.91 Å². The third kappa shape index (κ3) is 6.01. The molecule has 1 aromatic heterocycles. The molecule has 1 aliphatic rings. The lowest BCUT2D eigenvalue weighted by molar-refractivity contribution is -0.132. The first-order valence-corrected chi connectivity index (χ1v) is 12.5. The van der Waals surface area contributed by atoms with Gasteiger partial charge in [0.15, 0.2) is 17.3 Å². The molecule has 10 heteroatoms. The zero-order valence-corrected chi connectivity index (χ0v) is 22.1. The number of aromatic nitrogens is 2. The maximum absolute atomic E-state index is 13.3. The quantitative estimate of drug-likeness (QED) is 0.448. The standard InChI is InChI=1S/C28H32FN5O4/c1-19(2)34(28(36)20-5-8-22(29)9-6-20)18-27(35)33-15-13-32(14-16-33)26-12-10-23(30-31-26)21-7-11-24(37-3)25(17-21)38-4/h5-12,17,19H,13-16,18H2,1-4H3. The van der Waals surface area contributed by atoms with E-state index in [9.17, 15) is 14.0 Å². The third-order valence-corrected chi connectivity index (χ3v) is 6.57. The molecule has 0 saturated carbocycles. The van der Waals surface area contributed by atoms with Gasteiger partial charge in [-0.05, 0) is 68.4 Å². The molecule has 0 unspecified atom stereocenters. The Labute approximate surface area is 221 Å². The summed E-state index contributed by atoms with van der Waals surface area (Å²) in [6.45, 7) is 5.90. The fourth-order valence-electron chi connectivity index (χ4n) is 4.32. The number of ether oxygens (including phenoxy) is 2. The highest BCUT2D eigenvalue weighted by Gasteiger charge is 2.27. The zero-order valence-electron chi connectivity index (χ0n) is 22.1. The number of benzene rings is 2. The van der Waals surface area contributed by atoms with Crippen molar-refractivity contribution in [2.45, 2.75) is 19.9 Å². The molecule has 1 fully saturated rings. The number of halogens is 1. The average Bonchev–Trinajstić information content (AvgIpc) is 2.95. The zero-order chi connectivity index (χ0) is 27.2. The van der Waals surface area contributed by atoms with Crippen LogP contribution in [0.2, 0.25) is 0 Å². The Hall–Kier alpha value is -4.21. The number of carbonyl (C=O) groups is 2. The molecule has 2 aromatic carbocycles. The smallest absolute Gasteiger partial charge is 0.254 e. The highest BCUT2D eigenvalue weighted by atomic mass is 19.1. The number of amides is 2. The van der Waals surface area contributed by atoms with Crippen LogP contribution in [0.1, 0.15) is 24.2 Å². The maximum atomic E-state index is 13.3. The van der Waals surface area contributed by atoms with Gasteiger partial charge in [-0.15, -0.1) is 10.2 Å². The van der Waals surface area contributed by atoms with E-state index in [0.29, 0.717) is 48.9 Å². The molecule has 2 amide bonds. The van der Waals surface area contributed by atoms with Gasteiger partial charge in [0.05, 0.1) is 19.9 Å². The molecule has 0 atom stereocenters. The number of methoxy groups -OCH3 is 2. The molecule has 1 aliphatic heterocycles. The lowest BCUT2D eigenvalue weighted by atomic mass is 10.1. The van der Waals surface area contributed by atoms with Gasteiger partial charge in [-0.25, -0.2) is 4.39 Å². The van der Waals surface area contributed by atoms with E-state index in [-0.39, 0.29) is 24.4 Å². The van der Waals surface area contributed by atoms with Crippen molar-refractivity contribution in [3.8, 4) is 22.8 Å². The SMILES string of the molecule is COc1ccc(-c2ccc(N3CCN(C(=O)CN(C(=O)c4ccc(F)cc4)C(C)C)CC3)nn2)cc1OC. The van der Waals surface area contributed by atoms with Crippen LogP contribution in [-0.2, 0) is 4.79 Å². The summed E-state index contributed by atoms with van der Waals surface area (Å²) < 4.78 is 23.9. The van der Waals surface area contributed by atoms with Crippen molar-refractivity contribution >= 4 is 17.6 Å².